The van der Waals surface area contributed by atoms with Crippen LogP contribution in [0.4, 0.5) is 13.2 Å². The molecule has 0 saturated heterocycles. The third-order valence-corrected chi connectivity index (χ3v) is 5.27. The van der Waals surface area contributed by atoms with Crippen molar-refractivity contribution >= 4 is 5.97 Å². The zero-order valence-electron chi connectivity index (χ0n) is 14.6. The molecule has 1 fully saturated rings. The van der Waals surface area contributed by atoms with Crippen LogP contribution in [0.1, 0.15) is 53.7 Å². The van der Waals surface area contributed by atoms with Crippen molar-refractivity contribution in [3.63, 3.8) is 0 Å². The first-order valence-corrected chi connectivity index (χ1v) is 8.88. The van der Waals surface area contributed by atoms with Crippen LogP contribution in [0, 0.1) is 12.8 Å². The molecule has 3 nitrogen and oxygen atoms in total. The van der Waals surface area contributed by atoms with Gasteiger partial charge in [0.2, 0.25) is 0 Å². The Morgan fingerprint density at radius 3 is 2.31 bits per heavy atom. The summed E-state index contributed by atoms with van der Waals surface area (Å²) in [5.41, 5.74) is 1.42. The van der Waals surface area contributed by atoms with Crippen LogP contribution >= 0.6 is 0 Å². The minimum atomic E-state index is -4.38. The summed E-state index contributed by atoms with van der Waals surface area (Å²) < 4.78 is 40.4. The molecule has 1 aliphatic rings. The fraction of sp³-hybridized carbons (Fsp3) is 0.450. The van der Waals surface area contributed by atoms with E-state index in [0.29, 0.717) is 29.4 Å². The highest BCUT2D eigenvalue weighted by Gasteiger charge is 2.30. The normalized spacial score (nSPS) is 16.0. The van der Waals surface area contributed by atoms with Gasteiger partial charge in [0.1, 0.15) is 0 Å². The van der Waals surface area contributed by atoms with E-state index in [9.17, 15) is 23.1 Å². The molecule has 1 aromatic heterocycles. The Bertz CT molecular complexity index is 785. The lowest BCUT2D eigenvalue weighted by molar-refractivity contribution is -0.137. The smallest absolute Gasteiger partial charge is 0.416 e. The van der Waals surface area contributed by atoms with Gasteiger partial charge in [-0.2, -0.15) is 13.2 Å². The first-order chi connectivity index (χ1) is 12.3. The van der Waals surface area contributed by atoms with Gasteiger partial charge < -0.3 is 9.67 Å². The average molecular weight is 365 g/mol. The van der Waals surface area contributed by atoms with Crippen molar-refractivity contribution in [3.8, 4) is 11.3 Å². The fourth-order valence-electron chi connectivity index (χ4n) is 3.79. The van der Waals surface area contributed by atoms with Crippen molar-refractivity contribution in [2.24, 2.45) is 5.92 Å². The molecule has 26 heavy (non-hydrogen) atoms. The SMILES string of the molecule is Cc1c(C(=O)O)cc(-c2ccc(C(F)(F)F)cc2)n1CC1CCCCC1. The van der Waals surface area contributed by atoms with Gasteiger partial charge in [0.15, 0.2) is 0 Å². The molecule has 0 spiro atoms. The Hall–Kier alpha value is -2.24. The zero-order chi connectivity index (χ0) is 18.9. The zero-order valence-corrected chi connectivity index (χ0v) is 14.6. The number of carboxylic acid groups (broad SMARTS) is 1. The lowest BCUT2D eigenvalue weighted by Crippen LogP contribution is -2.16. The Morgan fingerprint density at radius 2 is 1.77 bits per heavy atom. The number of benzene rings is 1. The lowest BCUT2D eigenvalue weighted by Gasteiger charge is -2.24. The molecule has 1 heterocycles. The molecule has 0 atom stereocenters. The molecule has 1 aromatic carbocycles. The monoisotopic (exact) mass is 365 g/mol. The van der Waals surface area contributed by atoms with Crippen LogP contribution in [0.3, 0.4) is 0 Å². The maximum absolute atomic E-state index is 12.8. The second-order valence-corrected chi connectivity index (χ2v) is 7.02. The maximum Gasteiger partial charge on any atom is 0.416 e. The van der Waals surface area contributed by atoms with Gasteiger partial charge in [0.05, 0.1) is 11.1 Å². The average Bonchev–Trinajstić information content (AvgIpc) is 2.92. The van der Waals surface area contributed by atoms with Gasteiger partial charge in [0, 0.05) is 17.9 Å². The largest absolute Gasteiger partial charge is 0.478 e. The molecule has 6 heteroatoms. The summed E-state index contributed by atoms with van der Waals surface area (Å²) in [5, 5.41) is 9.44. The molecular formula is C20H22F3NO2. The third-order valence-electron chi connectivity index (χ3n) is 5.27. The van der Waals surface area contributed by atoms with Gasteiger partial charge in [-0.3, -0.25) is 0 Å². The van der Waals surface area contributed by atoms with Crippen molar-refractivity contribution in [1.82, 2.24) is 4.57 Å². The van der Waals surface area contributed by atoms with Crippen LogP contribution in [-0.2, 0) is 12.7 Å². The summed E-state index contributed by atoms with van der Waals surface area (Å²) in [6.07, 6.45) is 1.40. The number of rotatable bonds is 4. The molecule has 0 bridgehead atoms. The van der Waals surface area contributed by atoms with Gasteiger partial charge in [-0.25, -0.2) is 4.79 Å². The van der Waals surface area contributed by atoms with Crippen molar-refractivity contribution in [2.45, 2.75) is 51.7 Å². The van der Waals surface area contributed by atoms with E-state index in [1.54, 1.807) is 13.0 Å². The van der Waals surface area contributed by atoms with Crippen LogP contribution in [-0.4, -0.2) is 15.6 Å². The number of alkyl halides is 3. The van der Waals surface area contributed by atoms with E-state index in [0.717, 1.165) is 25.0 Å². The molecule has 1 N–H and O–H groups in total. The van der Waals surface area contributed by atoms with Gasteiger partial charge in [-0.15, -0.1) is 0 Å². The number of aromatic carboxylic acids is 1. The Morgan fingerprint density at radius 1 is 1.15 bits per heavy atom. The molecular weight excluding hydrogens is 343 g/mol. The number of nitrogens with zero attached hydrogens (tertiary/aromatic N) is 1. The van der Waals surface area contributed by atoms with E-state index >= 15 is 0 Å². The van der Waals surface area contributed by atoms with Crippen molar-refractivity contribution in [2.75, 3.05) is 0 Å². The van der Waals surface area contributed by atoms with E-state index in [-0.39, 0.29) is 5.56 Å². The van der Waals surface area contributed by atoms with Gasteiger partial charge in [-0.1, -0.05) is 31.4 Å². The third kappa shape index (κ3) is 3.79. The molecule has 0 radical (unpaired) electrons. The van der Waals surface area contributed by atoms with Crippen LogP contribution in [0.25, 0.3) is 11.3 Å². The molecule has 0 amide bonds. The first-order valence-electron chi connectivity index (χ1n) is 8.88. The standard InChI is InChI=1S/C20H22F3NO2/c1-13-17(19(25)26)11-18(24(13)12-14-5-3-2-4-6-14)15-7-9-16(10-8-15)20(21,22)23/h7-11,14H,2-6,12H2,1H3,(H,25,26). The predicted molar refractivity (Wildman–Crippen MR) is 93.1 cm³/mol. The first kappa shape index (κ1) is 18.5. The van der Waals surface area contributed by atoms with E-state index < -0.39 is 17.7 Å². The van der Waals surface area contributed by atoms with Crippen LogP contribution in [0.2, 0.25) is 0 Å². The minimum absolute atomic E-state index is 0.204. The molecule has 3 rings (SSSR count). The van der Waals surface area contributed by atoms with Crippen LogP contribution in [0.5, 0.6) is 0 Å². The Balaban J connectivity index is 1.99. The predicted octanol–water partition coefficient (Wildman–Crippen LogP) is 5.76. The van der Waals surface area contributed by atoms with Crippen molar-refractivity contribution in [3.05, 3.63) is 47.2 Å². The van der Waals surface area contributed by atoms with E-state index in [4.69, 9.17) is 0 Å². The van der Waals surface area contributed by atoms with Gasteiger partial charge in [0.25, 0.3) is 0 Å². The molecule has 0 aliphatic heterocycles. The van der Waals surface area contributed by atoms with Crippen molar-refractivity contribution < 1.29 is 23.1 Å². The molecule has 140 valence electrons. The van der Waals surface area contributed by atoms with E-state index in [2.05, 4.69) is 0 Å². The Labute approximate surface area is 150 Å². The van der Waals surface area contributed by atoms with Gasteiger partial charge in [-0.05, 0) is 49.4 Å². The molecule has 0 unspecified atom stereocenters. The topological polar surface area (TPSA) is 42.2 Å². The number of aromatic nitrogens is 1. The van der Waals surface area contributed by atoms with Crippen LogP contribution in [0.15, 0.2) is 30.3 Å². The highest BCUT2D eigenvalue weighted by Crippen LogP contribution is 2.34. The highest BCUT2D eigenvalue weighted by atomic mass is 19.4. The number of carboxylic acids is 1. The molecule has 2 aromatic rings. The lowest BCUT2D eigenvalue weighted by atomic mass is 9.89. The molecule has 1 aliphatic carbocycles. The van der Waals surface area contributed by atoms with Crippen molar-refractivity contribution in [1.29, 1.82) is 0 Å². The summed E-state index contributed by atoms with van der Waals surface area (Å²) in [6, 6.07) is 6.50. The fourth-order valence-corrected chi connectivity index (χ4v) is 3.79. The Kier molecular flexibility index (Phi) is 5.12. The second-order valence-electron chi connectivity index (χ2n) is 7.02. The summed E-state index contributed by atoms with van der Waals surface area (Å²) in [7, 11) is 0. The number of hydrogen-bond acceptors (Lipinski definition) is 1. The maximum atomic E-state index is 12.8. The van der Waals surface area contributed by atoms with E-state index in [1.807, 2.05) is 4.57 Å². The summed E-state index contributed by atoms with van der Waals surface area (Å²) in [4.78, 5) is 11.5. The second kappa shape index (κ2) is 7.17. The molecule has 1 saturated carbocycles. The van der Waals surface area contributed by atoms with Gasteiger partial charge >= 0.3 is 12.1 Å². The minimum Gasteiger partial charge on any atom is -0.478 e. The summed E-state index contributed by atoms with van der Waals surface area (Å²) in [5.74, 6) is -0.539. The quantitative estimate of drug-likeness (QED) is 0.748. The summed E-state index contributed by atoms with van der Waals surface area (Å²) in [6.45, 7) is 2.47. The van der Waals surface area contributed by atoms with Crippen LogP contribution < -0.4 is 0 Å². The van der Waals surface area contributed by atoms with E-state index in [1.165, 1.54) is 31.4 Å². The highest BCUT2D eigenvalue weighted by molar-refractivity contribution is 5.91. The number of carbonyl (C=O) groups is 1. The number of halogens is 3. The number of hydrogen-bond donors (Lipinski definition) is 1. The summed E-state index contributed by atoms with van der Waals surface area (Å²) >= 11 is 0.